The number of hydrogen-bond donors (Lipinski definition) is 0. The molecule has 6 rings (SSSR count). The van der Waals surface area contributed by atoms with E-state index in [9.17, 15) is 14.4 Å². The maximum atomic E-state index is 13.8. The molecule has 11 heteroatoms. The highest BCUT2D eigenvalue weighted by atomic mass is 32.2. The minimum absolute atomic E-state index is 0.102. The van der Waals surface area contributed by atoms with E-state index in [0.717, 1.165) is 61.6 Å². The Labute approximate surface area is 245 Å². The minimum atomic E-state index is -1.00. The van der Waals surface area contributed by atoms with Gasteiger partial charge in [0.1, 0.15) is 12.4 Å². The van der Waals surface area contributed by atoms with Crippen molar-refractivity contribution < 1.29 is 13.9 Å². The van der Waals surface area contributed by atoms with E-state index >= 15 is 0 Å². The van der Waals surface area contributed by atoms with Crippen LogP contribution < -0.4 is 14.5 Å². The van der Waals surface area contributed by atoms with Crippen molar-refractivity contribution in [2.45, 2.75) is 55.6 Å². The van der Waals surface area contributed by atoms with E-state index in [0.29, 0.717) is 38.3 Å². The molecule has 1 aromatic carbocycles. The predicted molar refractivity (Wildman–Crippen MR) is 157 cm³/mol. The number of likely N-dealkylation sites (N-methyl/N-ethyl adjacent to an activating group) is 1. The van der Waals surface area contributed by atoms with Crippen LogP contribution in [0.3, 0.4) is 0 Å². The second-order valence-electron chi connectivity index (χ2n) is 11.2. The molecule has 2 atom stereocenters. The van der Waals surface area contributed by atoms with Crippen LogP contribution >= 0.6 is 11.8 Å². The van der Waals surface area contributed by atoms with Gasteiger partial charge in [-0.1, -0.05) is 18.7 Å². The van der Waals surface area contributed by atoms with E-state index in [1.54, 1.807) is 0 Å². The number of ether oxygens (including phenoxy) is 1. The number of carbonyl (C=O) groups excluding carboxylic acids is 1. The van der Waals surface area contributed by atoms with Crippen LogP contribution in [-0.4, -0.2) is 89.9 Å². The highest BCUT2D eigenvalue weighted by Gasteiger charge is 2.35. The molecule has 0 N–H and O–H groups in total. The first-order valence-corrected chi connectivity index (χ1v) is 15.4. The molecule has 0 saturated carbocycles. The Morgan fingerprint density at radius 3 is 2.85 bits per heavy atom. The average molecular weight is 578 g/mol. The highest BCUT2D eigenvalue weighted by Crippen LogP contribution is 2.41. The van der Waals surface area contributed by atoms with Crippen LogP contribution in [-0.2, 0) is 24.2 Å². The summed E-state index contributed by atoms with van der Waals surface area (Å²) in [6, 6.07) is 8.98. The van der Waals surface area contributed by atoms with Crippen molar-refractivity contribution in [3.05, 3.63) is 47.4 Å². The Morgan fingerprint density at radius 1 is 1.20 bits per heavy atom. The molecular formula is C30H36FN7O2S. The van der Waals surface area contributed by atoms with Crippen LogP contribution in [0.15, 0.2) is 35.5 Å². The molecule has 4 aliphatic rings. The summed E-state index contributed by atoms with van der Waals surface area (Å²) in [5, 5.41) is 9.47. The maximum Gasteiger partial charge on any atom is 0.318 e. The first-order valence-electron chi connectivity index (χ1n) is 14.4. The van der Waals surface area contributed by atoms with E-state index in [1.165, 1.54) is 21.0 Å². The van der Waals surface area contributed by atoms with E-state index in [-0.39, 0.29) is 13.0 Å². The molecule has 216 valence electrons. The number of amides is 1. The Balaban J connectivity index is 1.31. The van der Waals surface area contributed by atoms with Gasteiger partial charge in [0.2, 0.25) is 0 Å². The molecule has 2 aromatic rings. The van der Waals surface area contributed by atoms with E-state index in [2.05, 4.69) is 52.6 Å². The third kappa shape index (κ3) is 5.60. The summed E-state index contributed by atoms with van der Waals surface area (Å²) >= 11 is 1.93. The molecule has 2 saturated heterocycles. The fourth-order valence-electron chi connectivity index (χ4n) is 6.48. The number of rotatable bonds is 7. The quantitative estimate of drug-likeness (QED) is 0.458. The van der Waals surface area contributed by atoms with Crippen molar-refractivity contribution in [1.29, 1.82) is 5.26 Å². The number of aromatic nitrogens is 2. The van der Waals surface area contributed by atoms with Gasteiger partial charge in [-0.3, -0.25) is 4.79 Å². The highest BCUT2D eigenvalue weighted by molar-refractivity contribution is 7.99. The lowest BCUT2D eigenvalue weighted by molar-refractivity contribution is -0.131. The summed E-state index contributed by atoms with van der Waals surface area (Å²) in [6.45, 7) is 7.41. The summed E-state index contributed by atoms with van der Waals surface area (Å²) in [5.41, 5.74) is 4.71. The second-order valence-corrected chi connectivity index (χ2v) is 12.3. The van der Waals surface area contributed by atoms with E-state index in [4.69, 9.17) is 14.7 Å². The molecule has 0 spiro atoms. The summed E-state index contributed by atoms with van der Waals surface area (Å²) in [7, 11) is 2.12. The molecule has 5 heterocycles. The number of thioether (sulfide) groups is 1. The van der Waals surface area contributed by atoms with Gasteiger partial charge in [-0.05, 0) is 50.9 Å². The third-order valence-corrected chi connectivity index (χ3v) is 9.90. The molecule has 0 aliphatic carbocycles. The summed E-state index contributed by atoms with van der Waals surface area (Å²) in [6.07, 6.45) is 4.22. The van der Waals surface area contributed by atoms with Crippen molar-refractivity contribution in [3.63, 3.8) is 0 Å². The Bertz CT molecular complexity index is 1380. The molecule has 2 fully saturated rings. The zero-order chi connectivity index (χ0) is 28.5. The number of likely N-dealkylation sites (tertiary alicyclic amines) is 1. The third-order valence-electron chi connectivity index (χ3n) is 8.74. The van der Waals surface area contributed by atoms with Gasteiger partial charge in [0.25, 0.3) is 5.91 Å². The predicted octanol–water partition coefficient (Wildman–Crippen LogP) is 3.57. The summed E-state index contributed by atoms with van der Waals surface area (Å²) in [4.78, 5) is 32.0. The average Bonchev–Trinajstić information content (AvgIpc) is 3.63. The van der Waals surface area contributed by atoms with E-state index < -0.39 is 17.8 Å². The number of hydrogen-bond acceptors (Lipinski definition) is 9. The molecule has 1 aromatic heterocycles. The van der Waals surface area contributed by atoms with Crippen LogP contribution in [0.2, 0.25) is 0 Å². The fourth-order valence-corrected chi connectivity index (χ4v) is 7.71. The van der Waals surface area contributed by atoms with Crippen LogP contribution in [0.5, 0.6) is 6.01 Å². The minimum Gasteiger partial charge on any atom is -0.462 e. The van der Waals surface area contributed by atoms with Gasteiger partial charge in [-0.2, -0.15) is 15.2 Å². The zero-order valence-electron chi connectivity index (χ0n) is 23.5. The first kappa shape index (κ1) is 27.8. The normalized spacial score (nSPS) is 22.3. The zero-order valence-corrected chi connectivity index (χ0v) is 24.3. The number of anilines is 2. The van der Waals surface area contributed by atoms with Crippen LogP contribution in [0.25, 0.3) is 0 Å². The molecular weight excluding hydrogens is 541 g/mol. The van der Waals surface area contributed by atoms with Crippen molar-refractivity contribution >= 4 is 29.2 Å². The van der Waals surface area contributed by atoms with Gasteiger partial charge >= 0.3 is 6.01 Å². The maximum absolute atomic E-state index is 13.8. The van der Waals surface area contributed by atoms with Crippen molar-refractivity contribution in [3.8, 4) is 12.1 Å². The number of carbonyl (C=O) groups is 1. The van der Waals surface area contributed by atoms with Crippen LogP contribution in [0.4, 0.5) is 15.9 Å². The van der Waals surface area contributed by atoms with Crippen LogP contribution in [0.1, 0.15) is 36.1 Å². The number of nitriles is 1. The lowest BCUT2D eigenvalue weighted by Gasteiger charge is -2.42. The van der Waals surface area contributed by atoms with Gasteiger partial charge in [0.15, 0.2) is 5.83 Å². The monoisotopic (exact) mass is 577 g/mol. The first-order chi connectivity index (χ1) is 19.9. The molecule has 1 amide bonds. The van der Waals surface area contributed by atoms with Gasteiger partial charge < -0.3 is 24.3 Å². The van der Waals surface area contributed by atoms with Crippen molar-refractivity contribution in [2.75, 3.05) is 61.9 Å². The van der Waals surface area contributed by atoms with Crippen molar-refractivity contribution in [2.24, 2.45) is 0 Å². The Morgan fingerprint density at radius 2 is 2.07 bits per heavy atom. The lowest BCUT2D eigenvalue weighted by atomic mass is 10.0. The molecule has 4 aliphatic heterocycles. The second kappa shape index (κ2) is 11.9. The fraction of sp³-hybridized carbons (Fsp3) is 0.533. The summed E-state index contributed by atoms with van der Waals surface area (Å²) < 4.78 is 20.0. The Hall–Kier alpha value is -3.36. The molecule has 9 nitrogen and oxygen atoms in total. The topological polar surface area (TPSA) is 88.8 Å². The lowest BCUT2D eigenvalue weighted by Crippen LogP contribution is -2.55. The number of nitrogens with zero attached hydrogens (tertiary/aromatic N) is 7. The molecule has 0 unspecified atom stereocenters. The standard InChI is InChI=1S/C30H36FN7O2S/c1-20(31)29(39)38-15-14-37(17-22(38)8-11-32)28-24-9-13-36(26-7-3-5-21-10-16-41-27(21)26)18-25(24)33-30(34-28)40-19-23-6-4-12-35(23)2/h3,5,7,22-23H,1,4,6,8-10,12-19H2,2H3/t22-,23-/m0/s1. The number of aryl methyl sites for hydroxylation is 1. The largest absolute Gasteiger partial charge is 0.462 e. The number of fused-ring (bicyclic) bond motifs is 2. The number of benzene rings is 1. The van der Waals surface area contributed by atoms with Gasteiger partial charge in [0, 0.05) is 48.4 Å². The smallest absolute Gasteiger partial charge is 0.318 e. The molecule has 41 heavy (non-hydrogen) atoms. The number of piperazine rings is 1. The number of halogens is 1. The van der Waals surface area contributed by atoms with Crippen LogP contribution in [0, 0.1) is 11.3 Å². The van der Waals surface area contributed by atoms with E-state index in [1.807, 2.05) is 11.8 Å². The van der Waals surface area contributed by atoms with Gasteiger partial charge in [-0.25, -0.2) is 4.39 Å². The van der Waals surface area contributed by atoms with Gasteiger partial charge in [0.05, 0.1) is 36.5 Å². The molecule has 0 radical (unpaired) electrons. The van der Waals surface area contributed by atoms with Gasteiger partial charge in [-0.15, -0.1) is 11.8 Å². The summed E-state index contributed by atoms with van der Waals surface area (Å²) in [5.74, 6) is 0.165. The SMILES string of the molecule is C=C(F)C(=O)N1CCN(c2nc(OC[C@@H]3CCCN3C)nc3c2CCN(c2cccc4c2SCC4)C3)C[C@@H]1CC#N. The Kier molecular flexibility index (Phi) is 8.04. The molecule has 0 bridgehead atoms. The van der Waals surface area contributed by atoms with Crippen molar-refractivity contribution in [1.82, 2.24) is 19.8 Å².